The van der Waals surface area contributed by atoms with E-state index in [2.05, 4.69) is 29.8 Å². The lowest BCUT2D eigenvalue weighted by molar-refractivity contribution is -0.139. The zero-order chi connectivity index (χ0) is 12.1. The average molecular weight is 285 g/mol. The number of rotatable bonds is 5. The first kappa shape index (κ1) is 13.2. The third kappa shape index (κ3) is 3.34. The van der Waals surface area contributed by atoms with Crippen LogP contribution in [0.5, 0.6) is 0 Å². The van der Waals surface area contributed by atoms with E-state index in [1.165, 1.54) is 0 Å². The summed E-state index contributed by atoms with van der Waals surface area (Å²) in [5.74, 6) is -0.731. The highest BCUT2D eigenvalue weighted by atomic mass is 79.9. The molecule has 0 saturated carbocycles. The number of carboxylic acids is 1. The molecule has 0 bridgehead atoms. The monoisotopic (exact) mass is 284 g/mol. The molecule has 1 N–H and O–H groups in total. The van der Waals surface area contributed by atoms with Crippen molar-refractivity contribution in [3.8, 4) is 0 Å². The topological polar surface area (TPSA) is 37.3 Å². The van der Waals surface area contributed by atoms with Crippen LogP contribution in [0.3, 0.4) is 0 Å². The van der Waals surface area contributed by atoms with Gasteiger partial charge in [-0.2, -0.15) is 0 Å². The summed E-state index contributed by atoms with van der Waals surface area (Å²) in [6.07, 6.45) is 1.70. The Balaban J connectivity index is 2.94. The minimum atomic E-state index is -0.743. The first-order chi connectivity index (χ1) is 7.56. The predicted molar refractivity (Wildman–Crippen MR) is 68.6 cm³/mol. The van der Waals surface area contributed by atoms with Crippen LogP contribution in [-0.2, 0) is 4.79 Å². The number of aliphatic carboxylic acids is 1. The number of hydrogen-bond donors (Lipinski definition) is 1. The summed E-state index contributed by atoms with van der Waals surface area (Å²) in [6, 6.07) is 7.55. The van der Waals surface area contributed by atoms with Gasteiger partial charge in [-0.3, -0.25) is 4.79 Å². The number of benzene rings is 1. The highest BCUT2D eigenvalue weighted by Gasteiger charge is 2.23. The summed E-state index contributed by atoms with van der Waals surface area (Å²) in [6.45, 7) is 4.18. The highest BCUT2D eigenvalue weighted by molar-refractivity contribution is 9.10. The maximum atomic E-state index is 11.3. The molecule has 2 atom stereocenters. The summed E-state index contributed by atoms with van der Waals surface area (Å²) in [5.41, 5.74) is 0.871. The molecule has 88 valence electrons. The van der Waals surface area contributed by atoms with E-state index in [0.717, 1.165) is 16.5 Å². The number of carbonyl (C=O) groups is 1. The Bertz CT molecular complexity index is 363. The van der Waals surface area contributed by atoms with E-state index in [9.17, 15) is 9.90 Å². The molecular formula is C13H17BrO2. The van der Waals surface area contributed by atoms with Gasteiger partial charge in [0.15, 0.2) is 0 Å². The number of carboxylic acid groups (broad SMARTS) is 1. The molecule has 0 fully saturated rings. The van der Waals surface area contributed by atoms with Crippen molar-refractivity contribution in [1.29, 1.82) is 0 Å². The second kappa shape index (κ2) is 6.04. The summed E-state index contributed by atoms with van der Waals surface area (Å²) >= 11 is 3.41. The van der Waals surface area contributed by atoms with E-state index in [1.807, 2.05) is 24.3 Å². The van der Waals surface area contributed by atoms with Crippen LogP contribution in [0.1, 0.15) is 38.2 Å². The molecule has 1 aromatic rings. The van der Waals surface area contributed by atoms with Crippen molar-refractivity contribution >= 4 is 21.9 Å². The van der Waals surface area contributed by atoms with E-state index in [-0.39, 0.29) is 0 Å². The molecular weight excluding hydrogens is 268 g/mol. The van der Waals surface area contributed by atoms with Crippen LogP contribution in [-0.4, -0.2) is 11.1 Å². The Morgan fingerprint density at radius 2 is 2.06 bits per heavy atom. The zero-order valence-corrected chi connectivity index (χ0v) is 11.2. The van der Waals surface area contributed by atoms with Crippen molar-refractivity contribution in [2.24, 2.45) is 5.92 Å². The lowest BCUT2D eigenvalue weighted by atomic mass is 9.88. The van der Waals surface area contributed by atoms with E-state index in [4.69, 9.17) is 0 Å². The first-order valence-electron chi connectivity index (χ1n) is 5.53. The van der Waals surface area contributed by atoms with Crippen LogP contribution in [0.4, 0.5) is 0 Å². The van der Waals surface area contributed by atoms with Crippen molar-refractivity contribution in [3.05, 3.63) is 34.3 Å². The second-order valence-electron chi connectivity index (χ2n) is 4.16. The maximum absolute atomic E-state index is 11.3. The molecule has 0 radical (unpaired) electrons. The maximum Gasteiger partial charge on any atom is 0.311 e. The molecule has 0 heterocycles. The molecule has 0 aliphatic rings. The van der Waals surface area contributed by atoms with E-state index in [1.54, 1.807) is 0 Å². The van der Waals surface area contributed by atoms with E-state index in [0.29, 0.717) is 12.3 Å². The van der Waals surface area contributed by atoms with E-state index >= 15 is 0 Å². The van der Waals surface area contributed by atoms with Crippen molar-refractivity contribution in [2.75, 3.05) is 0 Å². The third-order valence-electron chi connectivity index (χ3n) is 2.91. The Morgan fingerprint density at radius 1 is 1.44 bits per heavy atom. The highest BCUT2D eigenvalue weighted by Crippen LogP contribution is 2.30. The second-order valence-corrected chi connectivity index (χ2v) is 5.02. The molecule has 1 aromatic carbocycles. The molecule has 0 aliphatic heterocycles. The minimum absolute atomic E-state index is 0.412. The van der Waals surface area contributed by atoms with Gasteiger partial charge in [0.25, 0.3) is 0 Å². The third-order valence-corrected chi connectivity index (χ3v) is 3.64. The fourth-order valence-electron chi connectivity index (χ4n) is 1.69. The van der Waals surface area contributed by atoms with Gasteiger partial charge in [-0.1, -0.05) is 54.4 Å². The van der Waals surface area contributed by atoms with Gasteiger partial charge in [-0.25, -0.2) is 0 Å². The molecule has 0 aromatic heterocycles. The predicted octanol–water partition coefficient (Wildman–Crippen LogP) is 4.05. The van der Waals surface area contributed by atoms with Gasteiger partial charge in [-0.15, -0.1) is 0 Å². The molecule has 2 nitrogen and oxygen atoms in total. The van der Waals surface area contributed by atoms with Gasteiger partial charge >= 0.3 is 5.97 Å². The van der Waals surface area contributed by atoms with Crippen LogP contribution in [0.15, 0.2) is 28.7 Å². The van der Waals surface area contributed by atoms with Gasteiger partial charge in [0.1, 0.15) is 0 Å². The van der Waals surface area contributed by atoms with E-state index < -0.39 is 11.9 Å². The van der Waals surface area contributed by atoms with Crippen LogP contribution in [0.25, 0.3) is 0 Å². The molecule has 0 aliphatic carbocycles. The van der Waals surface area contributed by atoms with Crippen molar-refractivity contribution in [3.63, 3.8) is 0 Å². The van der Waals surface area contributed by atoms with Gasteiger partial charge in [0, 0.05) is 4.47 Å². The number of halogens is 1. The van der Waals surface area contributed by atoms with Gasteiger partial charge in [0.05, 0.1) is 5.92 Å². The summed E-state index contributed by atoms with van der Waals surface area (Å²) in [7, 11) is 0. The van der Waals surface area contributed by atoms with Gasteiger partial charge in [0.2, 0.25) is 0 Å². The Kier molecular flexibility index (Phi) is 5.00. The smallest absolute Gasteiger partial charge is 0.311 e. The Morgan fingerprint density at radius 3 is 2.56 bits per heavy atom. The zero-order valence-electron chi connectivity index (χ0n) is 9.61. The van der Waals surface area contributed by atoms with Gasteiger partial charge < -0.3 is 5.11 Å². The largest absolute Gasteiger partial charge is 0.481 e. The standard InChI is InChI=1S/C13H17BrO2/c1-3-9(2)8-11(13(15)16)10-6-4-5-7-12(10)14/h4-7,9,11H,3,8H2,1-2H3,(H,15,16). The molecule has 2 unspecified atom stereocenters. The molecule has 1 rings (SSSR count). The van der Waals surface area contributed by atoms with Crippen LogP contribution in [0.2, 0.25) is 0 Å². The molecule has 0 spiro atoms. The molecule has 0 saturated heterocycles. The van der Waals surface area contributed by atoms with Gasteiger partial charge in [-0.05, 0) is 24.0 Å². The average Bonchev–Trinajstić information content (AvgIpc) is 2.26. The summed E-state index contributed by atoms with van der Waals surface area (Å²) in [5, 5.41) is 9.27. The Hall–Kier alpha value is -0.830. The lowest BCUT2D eigenvalue weighted by Crippen LogP contribution is -2.15. The van der Waals surface area contributed by atoms with Crippen LogP contribution < -0.4 is 0 Å². The Labute approximate surface area is 105 Å². The SMILES string of the molecule is CCC(C)CC(C(=O)O)c1ccccc1Br. The van der Waals surface area contributed by atoms with Crippen LogP contribution >= 0.6 is 15.9 Å². The molecule has 3 heteroatoms. The normalized spacial score (nSPS) is 14.4. The number of hydrogen-bond acceptors (Lipinski definition) is 1. The fraction of sp³-hybridized carbons (Fsp3) is 0.462. The fourth-order valence-corrected chi connectivity index (χ4v) is 2.25. The molecule has 16 heavy (non-hydrogen) atoms. The lowest BCUT2D eigenvalue weighted by Gasteiger charge is -2.17. The molecule has 0 amide bonds. The quantitative estimate of drug-likeness (QED) is 0.886. The van der Waals surface area contributed by atoms with Crippen molar-refractivity contribution in [1.82, 2.24) is 0 Å². The summed E-state index contributed by atoms with van der Waals surface area (Å²) < 4.78 is 0.880. The summed E-state index contributed by atoms with van der Waals surface area (Å²) in [4.78, 5) is 11.3. The first-order valence-corrected chi connectivity index (χ1v) is 6.32. The van der Waals surface area contributed by atoms with Crippen LogP contribution in [0, 0.1) is 5.92 Å². The minimum Gasteiger partial charge on any atom is -0.481 e. The van der Waals surface area contributed by atoms with Crippen molar-refractivity contribution < 1.29 is 9.90 Å². The van der Waals surface area contributed by atoms with Crippen molar-refractivity contribution in [2.45, 2.75) is 32.6 Å².